The van der Waals surface area contributed by atoms with E-state index in [0.717, 1.165) is 12.1 Å². The van der Waals surface area contributed by atoms with Crippen LogP contribution in [0.5, 0.6) is 5.75 Å². The lowest BCUT2D eigenvalue weighted by Gasteiger charge is -2.11. The van der Waals surface area contributed by atoms with Gasteiger partial charge in [-0.2, -0.15) is 0 Å². The van der Waals surface area contributed by atoms with Crippen molar-refractivity contribution in [1.29, 1.82) is 0 Å². The fourth-order valence-electron chi connectivity index (χ4n) is 0.996. The summed E-state index contributed by atoms with van der Waals surface area (Å²) in [7, 11) is 0. The smallest absolute Gasteiger partial charge is 0.405 e. The molecule has 0 aliphatic heterocycles. The number of aliphatic hydroxyl groups excluding tert-OH is 1. The SMILES string of the molecule is O=C(CO)c1ccccc1OC(F)(F)F. The van der Waals surface area contributed by atoms with Crippen molar-refractivity contribution in [2.45, 2.75) is 6.36 Å². The van der Waals surface area contributed by atoms with Crippen molar-refractivity contribution in [3.63, 3.8) is 0 Å². The zero-order valence-electron chi connectivity index (χ0n) is 7.41. The molecule has 6 heteroatoms. The van der Waals surface area contributed by atoms with Gasteiger partial charge in [-0.15, -0.1) is 13.2 Å². The number of aliphatic hydroxyl groups is 1. The molecule has 0 radical (unpaired) electrons. The maximum atomic E-state index is 11.9. The first-order valence-corrected chi connectivity index (χ1v) is 3.93. The predicted octanol–water partition coefficient (Wildman–Crippen LogP) is 1.76. The average molecular weight is 220 g/mol. The van der Waals surface area contributed by atoms with Crippen LogP contribution in [0.2, 0.25) is 0 Å². The van der Waals surface area contributed by atoms with Gasteiger partial charge in [0.25, 0.3) is 0 Å². The average Bonchev–Trinajstić information content (AvgIpc) is 2.15. The first kappa shape index (κ1) is 11.5. The molecule has 1 aromatic rings. The van der Waals surface area contributed by atoms with E-state index in [1.165, 1.54) is 12.1 Å². The fraction of sp³-hybridized carbons (Fsp3) is 0.222. The Morgan fingerprint density at radius 1 is 1.33 bits per heavy atom. The van der Waals surface area contributed by atoms with Crippen LogP contribution in [0.4, 0.5) is 13.2 Å². The third-order valence-electron chi connectivity index (χ3n) is 1.56. The number of hydrogen-bond donors (Lipinski definition) is 1. The summed E-state index contributed by atoms with van der Waals surface area (Å²) in [6.07, 6.45) is -4.86. The van der Waals surface area contributed by atoms with Crippen molar-refractivity contribution in [1.82, 2.24) is 0 Å². The van der Waals surface area contributed by atoms with E-state index in [-0.39, 0.29) is 5.56 Å². The second-order valence-corrected chi connectivity index (χ2v) is 2.63. The largest absolute Gasteiger partial charge is 0.573 e. The Balaban J connectivity index is 3.02. The van der Waals surface area contributed by atoms with Crippen LogP contribution in [0.25, 0.3) is 0 Å². The Hall–Kier alpha value is -1.56. The molecule has 0 saturated heterocycles. The quantitative estimate of drug-likeness (QED) is 0.789. The van der Waals surface area contributed by atoms with Gasteiger partial charge in [-0.05, 0) is 12.1 Å². The summed E-state index contributed by atoms with van der Waals surface area (Å²) in [4.78, 5) is 11.0. The van der Waals surface area contributed by atoms with Crippen LogP contribution >= 0.6 is 0 Å². The monoisotopic (exact) mass is 220 g/mol. The summed E-state index contributed by atoms with van der Waals surface area (Å²) >= 11 is 0. The molecule has 0 aliphatic carbocycles. The maximum absolute atomic E-state index is 11.9. The number of benzene rings is 1. The molecule has 0 atom stereocenters. The molecule has 3 nitrogen and oxygen atoms in total. The van der Waals surface area contributed by atoms with E-state index in [4.69, 9.17) is 5.11 Å². The Kier molecular flexibility index (Phi) is 3.31. The molecule has 0 aromatic heterocycles. The van der Waals surface area contributed by atoms with Gasteiger partial charge in [-0.3, -0.25) is 4.79 Å². The highest BCUT2D eigenvalue weighted by atomic mass is 19.4. The summed E-state index contributed by atoms with van der Waals surface area (Å²) in [5.41, 5.74) is -0.294. The second kappa shape index (κ2) is 4.31. The van der Waals surface area contributed by atoms with Crippen molar-refractivity contribution in [3.8, 4) is 5.75 Å². The Bertz CT molecular complexity index is 360. The van der Waals surface area contributed by atoms with Crippen LogP contribution < -0.4 is 4.74 Å². The number of Topliss-reactive ketones (excluding diaryl/α,β-unsaturated/α-hetero) is 1. The van der Waals surface area contributed by atoms with Gasteiger partial charge in [0, 0.05) is 0 Å². The van der Waals surface area contributed by atoms with Gasteiger partial charge in [0.1, 0.15) is 12.4 Å². The normalized spacial score (nSPS) is 11.2. The highest BCUT2D eigenvalue weighted by Crippen LogP contribution is 2.26. The van der Waals surface area contributed by atoms with E-state index < -0.39 is 24.5 Å². The zero-order chi connectivity index (χ0) is 11.5. The number of carbonyl (C=O) groups excluding carboxylic acids is 1. The number of carbonyl (C=O) groups is 1. The van der Waals surface area contributed by atoms with Gasteiger partial charge in [0.15, 0.2) is 5.78 Å². The minimum Gasteiger partial charge on any atom is -0.405 e. The number of ether oxygens (including phenoxy) is 1. The topological polar surface area (TPSA) is 46.5 Å². The van der Waals surface area contributed by atoms with Crippen molar-refractivity contribution in [3.05, 3.63) is 29.8 Å². The van der Waals surface area contributed by atoms with Crippen molar-refractivity contribution in [2.24, 2.45) is 0 Å². The van der Waals surface area contributed by atoms with Crippen molar-refractivity contribution >= 4 is 5.78 Å². The summed E-state index contributed by atoms with van der Waals surface area (Å²) < 4.78 is 39.3. The van der Waals surface area contributed by atoms with E-state index >= 15 is 0 Å². The van der Waals surface area contributed by atoms with Crippen LogP contribution in [0.15, 0.2) is 24.3 Å². The maximum Gasteiger partial charge on any atom is 0.573 e. The molecule has 1 N–H and O–H groups in total. The summed E-state index contributed by atoms with van der Waals surface area (Å²) in [5.74, 6) is -1.43. The molecule has 15 heavy (non-hydrogen) atoms. The standard InChI is InChI=1S/C9H7F3O3/c10-9(11,12)15-8-4-2-1-3-6(8)7(14)5-13/h1-4,13H,5H2. The van der Waals surface area contributed by atoms with E-state index in [1.807, 2.05) is 0 Å². The lowest BCUT2D eigenvalue weighted by atomic mass is 10.1. The molecular formula is C9H7F3O3. The third kappa shape index (κ3) is 3.25. The predicted molar refractivity (Wildman–Crippen MR) is 44.5 cm³/mol. The van der Waals surface area contributed by atoms with Gasteiger partial charge in [0.05, 0.1) is 5.56 Å². The lowest BCUT2D eigenvalue weighted by Crippen LogP contribution is -2.19. The van der Waals surface area contributed by atoms with Crippen LogP contribution in [0.1, 0.15) is 10.4 Å². The van der Waals surface area contributed by atoms with Gasteiger partial charge in [-0.1, -0.05) is 12.1 Å². The van der Waals surface area contributed by atoms with E-state index in [2.05, 4.69) is 4.74 Å². The van der Waals surface area contributed by atoms with Gasteiger partial charge >= 0.3 is 6.36 Å². The molecular weight excluding hydrogens is 213 g/mol. The highest BCUT2D eigenvalue weighted by molar-refractivity contribution is 5.99. The van der Waals surface area contributed by atoms with Crippen LogP contribution in [0, 0.1) is 0 Å². The number of halogens is 3. The van der Waals surface area contributed by atoms with Gasteiger partial charge < -0.3 is 9.84 Å². The van der Waals surface area contributed by atoms with Gasteiger partial charge in [0.2, 0.25) is 0 Å². The third-order valence-corrected chi connectivity index (χ3v) is 1.56. The number of para-hydroxylation sites is 1. The molecule has 0 spiro atoms. The number of ketones is 1. The Morgan fingerprint density at radius 3 is 2.47 bits per heavy atom. The lowest BCUT2D eigenvalue weighted by molar-refractivity contribution is -0.274. The van der Waals surface area contributed by atoms with Crippen LogP contribution in [0.3, 0.4) is 0 Å². The first-order valence-electron chi connectivity index (χ1n) is 3.93. The molecule has 0 heterocycles. The van der Waals surface area contributed by atoms with E-state index in [0.29, 0.717) is 0 Å². The Morgan fingerprint density at radius 2 is 1.93 bits per heavy atom. The van der Waals surface area contributed by atoms with Crippen molar-refractivity contribution in [2.75, 3.05) is 6.61 Å². The number of alkyl halides is 3. The van der Waals surface area contributed by atoms with Crippen LogP contribution in [-0.4, -0.2) is 23.9 Å². The Labute approximate surface area is 83.1 Å². The van der Waals surface area contributed by atoms with Crippen LogP contribution in [-0.2, 0) is 0 Å². The first-order chi connectivity index (χ1) is 6.94. The molecule has 0 fully saturated rings. The molecule has 1 rings (SSSR count). The molecule has 82 valence electrons. The molecule has 0 amide bonds. The highest BCUT2D eigenvalue weighted by Gasteiger charge is 2.32. The minimum absolute atomic E-state index is 0.294. The number of hydrogen-bond acceptors (Lipinski definition) is 3. The number of rotatable bonds is 3. The molecule has 0 saturated carbocycles. The van der Waals surface area contributed by atoms with E-state index in [9.17, 15) is 18.0 Å². The molecule has 0 unspecified atom stereocenters. The van der Waals surface area contributed by atoms with E-state index in [1.54, 1.807) is 0 Å². The van der Waals surface area contributed by atoms with Crippen molar-refractivity contribution < 1.29 is 27.8 Å². The minimum atomic E-state index is -4.86. The fourth-order valence-corrected chi connectivity index (χ4v) is 0.996. The summed E-state index contributed by atoms with van der Waals surface area (Å²) in [5, 5.41) is 8.52. The zero-order valence-corrected chi connectivity index (χ0v) is 7.41. The summed E-state index contributed by atoms with van der Waals surface area (Å²) in [6, 6.07) is 4.84. The molecule has 0 aliphatic rings. The molecule has 0 bridgehead atoms. The van der Waals surface area contributed by atoms with Gasteiger partial charge in [-0.25, -0.2) is 0 Å². The summed E-state index contributed by atoms with van der Waals surface area (Å²) in [6.45, 7) is -0.863. The molecule has 1 aromatic carbocycles. The second-order valence-electron chi connectivity index (χ2n) is 2.63.